The molecule has 13 heteroatoms. The number of hydrogen-bond acceptors (Lipinski definition) is 7. The molecule has 38 heavy (non-hydrogen) atoms. The van der Waals surface area contributed by atoms with Crippen LogP contribution in [0.25, 0.3) is 6.08 Å². The highest BCUT2D eigenvalue weighted by molar-refractivity contribution is 6.42. The van der Waals surface area contributed by atoms with Crippen molar-refractivity contribution in [3.05, 3.63) is 98.0 Å². The van der Waals surface area contributed by atoms with Crippen LogP contribution in [0.15, 0.2) is 72.3 Å². The first kappa shape index (κ1) is 26.3. The number of carbonyl (C=O) groups excluding carboxylic acids is 4. The number of nitrogens with zero attached hydrogens (tertiary/aromatic N) is 2. The highest BCUT2D eigenvalue weighted by Gasteiger charge is 2.37. The fourth-order valence-corrected chi connectivity index (χ4v) is 3.71. The van der Waals surface area contributed by atoms with Crippen molar-refractivity contribution in [1.82, 2.24) is 5.32 Å². The van der Waals surface area contributed by atoms with Crippen LogP contribution < -0.4 is 20.3 Å². The maximum Gasteiger partial charge on any atom is 0.335 e. The van der Waals surface area contributed by atoms with Gasteiger partial charge in [0.1, 0.15) is 11.3 Å². The van der Waals surface area contributed by atoms with Crippen LogP contribution in [0, 0.1) is 10.1 Å². The lowest BCUT2D eigenvalue weighted by molar-refractivity contribution is -0.384. The van der Waals surface area contributed by atoms with Gasteiger partial charge in [0.15, 0.2) is 6.61 Å². The highest BCUT2D eigenvalue weighted by atomic mass is 35.5. The molecular weight excluding hydrogens is 539 g/mol. The van der Waals surface area contributed by atoms with Crippen molar-refractivity contribution in [3.63, 3.8) is 0 Å². The molecule has 5 amide bonds. The molecule has 1 saturated heterocycles. The van der Waals surface area contributed by atoms with Gasteiger partial charge in [0, 0.05) is 23.4 Å². The number of para-hydroxylation sites is 1. The first-order valence-corrected chi connectivity index (χ1v) is 11.5. The summed E-state index contributed by atoms with van der Waals surface area (Å²) in [4.78, 5) is 61.3. The van der Waals surface area contributed by atoms with Crippen LogP contribution in [0.4, 0.5) is 21.9 Å². The van der Waals surface area contributed by atoms with Crippen molar-refractivity contribution in [2.75, 3.05) is 16.8 Å². The van der Waals surface area contributed by atoms with Gasteiger partial charge in [0.05, 0.1) is 20.7 Å². The Bertz CT molecular complexity index is 1510. The molecule has 2 N–H and O–H groups in total. The van der Waals surface area contributed by atoms with Gasteiger partial charge >= 0.3 is 6.03 Å². The van der Waals surface area contributed by atoms with Crippen LogP contribution in [0.5, 0.6) is 5.75 Å². The van der Waals surface area contributed by atoms with E-state index < -0.39 is 35.3 Å². The second-order valence-electron chi connectivity index (χ2n) is 7.73. The lowest BCUT2D eigenvalue weighted by Gasteiger charge is -2.26. The lowest BCUT2D eigenvalue weighted by Crippen LogP contribution is -2.54. The summed E-state index contributed by atoms with van der Waals surface area (Å²) in [5.74, 6) is -2.21. The zero-order chi connectivity index (χ0) is 27.4. The Morgan fingerprint density at radius 3 is 2.42 bits per heavy atom. The molecule has 11 nitrogen and oxygen atoms in total. The van der Waals surface area contributed by atoms with E-state index in [-0.39, 0.29) is 33.3 Å². The van der Waals surface area contributed by atoms with Crippen molar-refractivity contribution in [2.24, 2.45) is 0 Å². The summed E-state index contributed by atoms with van der Waals surface area (Å²) in [5, 5.41) is 16.2. The molecule has 0 aliphatic carbocycles. The van der Waals surface area contributed by atoms with Crippen LogP contribution in [-0.2, 0) is 14.4 Å². The molecule has 3 aromatic rings. The van der Waals surface area contributed by atoms with Crippen LogP contribution in [0.3, 0.4) is 0 Å². The Labute approximate surface area is 224 Å². The summed E-state index contributed by atoms with van der Waals surface area (Å²) < 4.78 is 5.60. The van der Waals surface area contributed by atoms with Crippen molar-refractivity contribution in [1.29, 1.82) is 0 Å². The number of nitro benzene ring substituents is 1. The minimum absolute atomic E-state index is 0.0278. The molecule has 0 bridgehead atoms. The number of ether oxygens (including phenoxy) is 1. The first-order valence-electron chi connectivity index (χ1n) is 10.8. The SMILES string of the molecule is O=C(COc1ccccc1/C=C1/C(=O)NC(=O)N(c2ccc([N+](=O)[O-])cc2)C1=O)Nc1ccc(Cl)c(Cl)c1. The van der Waals surface area contributed by atoms with Crippen molar-refractivity contribution in [3.8, 4) is 5.75 Å². The van der Waals surface area contributed by atoms with Gasteiger partial charge in [-0.3, -0.25) is 29.8 Å². The number of nitro groups is 1. The van der Waals surface area contributed by atoms with Gasteiger partial charge in [-0.25, -0.2) is 9.69 Å². The van der Waals surface area contributed by atoms with E-state index in [9.17, 15) is 29.3 Å². The molecule has 192 valence electrons. The average molecular weight is 555 g/mol. The van der Waals surface area contributed by atoms with Crippen molar-refractivity contribution in [2.45, 2.75) is 0 Å². The van der Waals surface area contributed by atoms with E-state index in [1.54, 1.807) is 24.3 Å². The molecule has 3 aromatic carbocycles. The Morgan fingerprint density at radius 1 is 1.03 bits per heavy atom. The number of imide groups is 2. The van der Waals surface area contributed by atoms with E-state index in [2.05, 4.69) is 10.6 Å². The summed E-state index contributed by atoms with van der Waals surface area (Å²) in [6, 6.07) is 14.6. The van der Waals surface area contributed by atoms with Gasteiger partial charge < -0.3 is 10.1 Å². The van der Waals surface area contributed by atoms with E-state index in [1.165, 1.54) is 36.4 Å². The van der Waals surface area contributed by atoms with Gasteiger partial charge in [0.2, 0.25) is 0 Å². The van der Waals surface area contributed by atoms with Gasteiger partial charge in [-0.15, -0.1) is 0 Å². The van der Waals surface area contributed by atoms with Crippen molar-refractivity contribution >= 4 is 70.1 Å². The molecule has 0 aromatic heterocycles. The van der Waals surface area contributed by atoms with E-state index in [1.807, 2.05) is 0 Å². The topological polar surface area (TPSA) is 148 Å². The molecule has 0 atom stereocenters. The molecule has 0 radical (unpaired) electrons. The number of anilines is 2. The fraction of sp³-hybridized carbons (Fsp3) is 0.0400. The molecule has 0 spiro atoms. The quantitative estimate of drug-likeness (QED) is 0.188. The molecule has 1 heterocycles. The number of barbiturate groups is 1. The third-order valence-corrected chi connectivity index (χ3v) is 5.94. The number of hydrogen-bond donors (Lipinski definition) is 2. The summed E-state index contributed by atoms with van der Waals surface area (Å²) in [7, 11) is 0. The molecule has 1 aliphatic rings. The second-order valence-corrected chi connectivity index (χ2v) is 8.55. The smallest absolute Gasteiger partial charge is 0.335 e. The lowest BCUT2D eigenvalue weighted by atomic mass is 10.1. The number of benzene rings is 3. The summed E-state index contributed by atoms with van der Waals surface area (Å²) in [5.41, 5.74) is 0.0919. The van der Waals surface area contributed by atoms with Crippen LogP contribution >= 0.6 is 23.2 Å². The second kappa shape index (κ2) is 11.1. The maximum atomic E-state index is 13.1. The van der Waals surface area contributed by atoms with E-state index in [0.29, 0.717) is 15.6 Å². The zero-order valence-corrected chi connectivity index (χ0v) is 20.7. The fourth-order valence-electron chi connectivity index (χ4n) is 3.42. The molecule has 4 rings (SSSR count). The summed E-state index contributed by atoms with van der Waals surface area (Å²) >= 11 is 11.8. The van der Waals surface area contributed by atoms with E-state index in [0.717, 1.165) is 12.1 Å². The predicted molar refractivity (Wildman–Crippen MR) is 139 cm³/mol. The van der Waals surface area contributed by atoms with Gasteiger partial charge in [0.25, 0.3) is 23.4 Å². The third-order valence-electron chi connectivity index (χ3n) is 5.20. The normalized spacial score (nSPS) is 14.3. The summed E-state index contributed by atoms with van der Waals surface area (Å²) in [6.45, 7) is -0.409. The Kier molecular flexibility index (Phi) is 7.70. The molecular formula is C25H16Cl2N4O7. The average Bonchev–Trinajstić information content (AvgIpc) is 2.88. The maximum absolute atomic E-state index is 13.1. The number of non-ortho nitro benzene ring substituents is 1. The van der Waals surface area contributed by atoms with Crippen LogP contribution in [0.1, 0.15) is 5.56 Å². The largest absolute Gasteiger partial charge is 0.483 e. The van der Waals surface area contributed by atoms with E-state index in [4.69, 9.17) is 27.9 Å². The monoisotopic (exact) mass is 554 g/mol. The highest BCUT2D eigenvalue weighted by Crippen LogP contribution is 2.27. The minimum atomic E-state index is -1.01. The number of rotatable bonds is 7. The van der Waals surface area contributed by atoms with Crippen LogP contribution in [-0.4, -0.2) is 35.3 Å². The number of urea groups is 1. The Hall–Kier alpha value is -4.74. The predicted octanol–water partition coefficient (Wildman–Crippen LogP) is 4.59. The van der Waals surface area contributed by atoms with Crippen molar-refractivity contribution < 1.29 is 28.8 Å². The number of carbonyl (C=O) groups is 4. The zero-order valence-electron chi connectivity index (χ0n) is 19.1. The number of halogens is 2. The minimum Gasteiger partial charge on any atom is -0.483 e. The van der Waals surface area contributed by atoms with Gasteiger partial charge in [-0.05, 0) is 42.5 Å². The van der Waals surface area contributed by atoms with E-state index >= 15 is 0 Å². The first-order chi connectivity index (χ1) is 18.1. The third kappa shape index (κ3) is 5.80. The summed E-state index contributed by atoms with van der Waals surface area (Å²) in [6.07, 6.45) is 1.22. The van der Waals surface area contributed by atoms with Gasteiger partial charge in [-0.2, -0.15) is 0 Å². The molecule has 1 aliphatic heterocycles. The van der Waals surface area contributed by atoms with Crippen LogP contribution in [0.2, 0.25) is 10.0 Å². The standard InChI is InChI=1S/C25H16Cl2N4O7/c26-19-10-5-15(12-20(19)27)28-22(32)13-38-21-4-2-1-3-14(21)11-18-23(33)29-25(35)30(24(18)34)16-6-8-17(9-7-16)31(36)37/h1-12H,13H2,(H,28,32)(H,29,33,35)/b18-11-. The molecule has 0 saturated carbocycles. The van der Waals surface area contributed by atoms with Gasteiger partial charge in [-0.1, -0.05) is 41.4 Å². The Morgan fingerprint density at radius 2 is 1.74 bits per heavy atom. The Balaban J connectivity index is 1.53. The molecule has 1 fully saturated rings. The molecule has 0 unspecified atom stereocenters. The number of amides is 5. The number of nitrogens with one attached hydrogen (secondary N) is 2.